The van der Waals surface area contributed by atoms with Crippen LogP contribution >= 0.6 is 0 Å². The van der Waals surface area contributed by atoms with Crippen LogP contribution in [0, 0.1) is 0 Å². The number of benzene rings is 1. The van der Waals surface area contributed by atoms with Crippen molar-refractivity contribution in [1.82, 2.24) is 20.5 Å². The average molecular weight is 457 g/mol. The zero-order valence-corrected chi connectivity index (χ0v) is 19.4. The van der Waals surface area contributed by atoms with Gasteiger partial charge in [-0.05, 0) is 51.0 Å². The second-order valence-corrected chi connectivity index (χ2v) is 8.75. The van der Waals surface area contributed by atoms with Gasteiger partial charge in [-0.3, -0.25) is 4.98 Å². The van der Waals surface area contributed by atoms with Crippen LogP contribution in [-0.4, -0.2) is 60.0 Å². The molecule has 9 nitrogen and oxygen atoms in total. The number of hydrogen-bond acceptors (Lipinski definition) is 6. The number of hydrogen-bond donors (Lipinski definition) is 2. The second kappa shape index (κ2) is 11.4. The zero-order chi connectivity index (χ0) is 23.7. The number of aromatic nitrogens is 1. The van der Waals surface area contributed by atoms with E-state index in [2.05, 4.69) is 15.6 Å². The van der Waals surface area contributed by atoms with E-state index in [1.54, 1.807) is 17.3 Å². The van der Waals surface area contributed by atoms with Crippen LogP contribution in [-0.2, 0) is 11.3 Å². The molecule has 0 fully saturated rings. The SMILES string of the molecule is CC(C)(C)OC(=O)N(CCCNC(=O)NCC1COc2ccccc2O1)Cc1cccnc1. The van der Waals surface area contributed by atoms with Crippen LogP contribution in [0.1, 0.15) is 32.8 Å². The Morgan fingerprint density at radius 1 is 1.15 bits per heavy atom. The first-order valence-electron chi connectivity index (χ1n) is 11.1. The molecule has 33 heavy (non-hydrogen) atoms. The number of rotatable bonds is 8. The molecule has 2 aromatic rings. The van der Waals surface area contributed by atoms with Crippen molar-refractivity contribution in [3.63, 3.8) is 0 Å². The molecule has 2 N–H and O–H groups in total. The third kappa shape index (κ3) is 8.17. The molecule has 1 unspecified atom stereocenters. The molecule has 2 heterocycles. The Hall–Kier alpha value is -3.49. The van der Waals surface area contributed by atoms with Crippen molar-refractivity contribution in [2.24, 2.45) is 0 Å². The minimum absolute atomic E-state index is 0.257. The number of fused-ring (bicyclic) bond motifs is 1. The van der Waals surface area contributed by atoms with Crippen LogP contribution in [0.25, 0.3) is 0 Å². The summed E-state index contributed by atoms with van der Waals surface area (Å²) >= 11 is 0. The van der Waals surface area contributed by atoms with Crippen molar-refractivity contribution in [2.75, 3.05) is 26.2 Å². The van der Waals surface area contributed by atoms with Gasteiger partial charge >= 0.3 is 12.1 Å². The molecular formula is C24H32N4O5. The monoisotopic (exact) mass is 456 g/mol. The first-order chi connectivity index (χ1) is 15.8. The molecule has 9 heteroatoms. The molecule has 1 aromatic carbocycles. The van der Waals surface area contributed by atoms with Crippen molar-refractivity contribution in [1.29, 1.82) is 0 Å². The summed E-state index contributed by atoms with van der Waals surface area (Å²) in [6, 6.07) is 10.9. The molecular weight excluding hydrogens is 424 g/mol. The standard InChI is InChI=1S/C24H32N4O5/c1-24(2,3)33-23(30)28(16-18-8-6-11-25-14-18)13-7-12-26-22(29)27-15-19-17-31-20-9-4-5-10-21(20)32-19/h4-6,8-11,14,19H,7,12-13,15-17H2,1-3H3,(H2,26,27,29). The number of carbonyl (C=O) groups excluding carboxylic acids is 2. The molecule has 3 rings (SSSR count). The topological polar surface area (TPSA) is 102 Å². The van der Waals surface area contributed by atoms with Crippen LogP contribution in [0.15, 0.2) is 48.8 Å². The Balaban J connectivity index is 1.40. The number of pyridine rings is 1. The maximum absolute atomic E-state index is 12.6. The summed E-state index contributed by atoms with van der Waals surface area (Å²) < 4.78 is 17.0. The van der Waals surface area contributed by atoms with Gasteiger partial charge in [-0.2, -0.15) is 0 Å². The van der Waals surface area contributed by atoms with Gasteiger partial charge in [0.1, 0.15) is 12.2 Å². The molecule has 0 spiro atoms. The molecule has 1 atom stereocenters. The largest absolute Gasteiger partial charge is 0.486 e. The van der Waals surface area contributed by atoms with Crippen LogP contribution < -0.4 is 20.1 Å². The number of ether oxygens (including phenoxy) is 3. The van der Waals surface area contributed by atoms with Crippen molar-refractivity contribution >= 4 is 12.1 Å². The summed E-state index contributed by atoms with van der Waals surface area (Å²) in [7, 11) is 0. The van der Waals surface area contributed by atoms with Crippen LogP contribution in [0.4, 0.5) is 9.59 Å². The molecule has 0 saturated heterocycles. The highest BCUT2D eigenvalue weighted by Gasteiger charge is 2.23. The van der Waals surface area contributed by atoms with Gasteiger partial charge < -0.3 is 29.7 Å². The Bertz CT molecular complexity index is 917. The quantitative estimate of drug-likeness (QED) is 0.591. The van der Waals surface area contributed by atoms with Crippen molar-refractivity contribution in [2.45, 2.75) is 45.4 Å². The normalized spacial score (nSPS) is 14.8. The van der Waals surface area contributed by atoms with Gasteiger partial charge in [0.05, 0.1) is 13.1 Å². The van der Waals surface area contributed by atoms with E-state index in [0.717, 1.165) is 5.56 Å². The minimum atomic E-state index is -0.589. The first kappa shape index (κ1) is 24.2. The van der Waals surface area contributed by atoms with E-state index in [1.165, 1.54) is 0 Å². The predicted molar refractivity (Wildman–Crippen MR) is 123 cm³/mol. The number of nitrogens with zero attached hydrogens (tertiary/aromatic N) is 2. The molecule has 3 amide bonds. The lowest BCUT2D eigenvalue weighted by Gasteiger charge is -2.27. The molecule has 1 aromatic heterocycles. The molecule has 1 aliphatic heterocycles. The van der Waals surface area contributed by atoms with Crippen LogP contribution in [0.3, 0.4) is 0 Å². The van der Waals surface area contributed by atoms with E-state index >= 15 is 0 Å². The highest BCUT2D eigenvalue weighted by molar-refractivity contribution is 5.73. The number of amides is 3. The lowest BCUT2D eigenvalue weighted by atomic mass is 10.2. The van der Waals surface area contributed by atoms with E-state index in [1.807, 2.05) is 57.2 Å². The smallest absolute Gasteiger partial charge is 0.410 e. The van der Waals surface area contributed by atoms with E-state index in [0.29, 0.717) is 50.7 Å². The van der Waals surface area contributed by atoms with Gasteiger partial charge in [0.25, 0.3) is 0 Å². The summed E-state index contributed by atoms with van der Waals surface area (Å²) in [5, 5.41) is 5.61. The molecule has 0 aliphatic carbocycles. The zero-order valence-electron chi connectivity index (χ0n) is 19.4. The Morgan fingerprint density at radius 2 is 1.94 bits per heavy atom. The summed E-state index contributed by atoms with van der Waals surface area (Å²) in [6.07, 6.45) is 3.33. The first-order valence-corrected chi connectivity index (χ1v) is 11.1. The van der Waals surface area contributed by atoms with Gasteiger partial charge in [0.2, 0.25) is 0 Å². The van der Waals surface area contributed by atoms with E-state index in [9.17, 15) is 9.59 Å². The number of nitrogens with one attached hydrogen (secondary N) is 2. The van der Waals surface area contributed by atoms with Crippen molar-refractivity contribution in [3.8, 4) is 11.5 Å². The van der Waals surface area contributed by atoms with E-state index in [-0.39, 0.29) is 12.1 Å². The third-order valence-corrected chi connectivity index (χ3v) is 4.70. The number of para-hydroxylation sites is 2. The highest BCUT2D eigenvalue weighted by atomic mass is 16.6. The number of urea groups is 1. The van der Waals surface area contributed by atoms with Crippen LogP contribution in [0.2, 0.25) is 0 Å². The van der Waals surface area contributed by atoms with Gasteiger partial charge in [0, 0.05) is 25.5 Å². The lowest BCUT2D eigenvalue weighted by Crippen LogP contribution is -2.45. The highest BCUT2D eigenvalue weighted by Crippen LogP contribution is 2.30. The molecule has 0 bridgehead atoms. The third-order valence-electron chi connectivity index (χ3n) is 4.70. The fourth-order valence-corrected chi connectivity index (χ4v) is 3.18. The number of carbonyl (C=O) groups is 2. The summed E-state index contributed by atoms with van der Waals surface area (Å²) in [4.78, 5) is 30.5. The van der Waals surface area contributed by atoms with Gasteiger partial charge in [0.15, 0.2) is 17.6 Å². The van der Waals surface area contributed by atoms with Gasteiger partial charge in [-0.15, -0.1) is 0 Å². The van der Waals surface area contributed by atoms with E-state index < -0.39 is 11.7 Å². The lowest BCUT2D eigenvalue weighted by molar-refractivity contribution is 0.0232. The Labute approximate surface area is 194 Å². The molecule has 0 saturated carbocycles. The maximum atomic E-state index is 12.6. The van der Waals surface area contributed by atoms with Crippen LogP contribution in [0.5, 0.6) is 11.5 Å². The maximum Gasteiger partial charge on any atom is 0.410 e. The fourth-order valence-electron chi connectivity index (χ4n) is 3.18. The molecule has 178 valence electrons. The Morgan fingerprint density at radius 3 is 2.67 bits per heavy atom. The van der Waals surface area contributed by atoms with E-state index in [4.69, 9.17) is 14.2 Å². The van der Waals surface area contributed by atoms with Gasteiger partial charge in [-0.1, -0.05) is 18.2 Å². The van der Waals surface area contributed by atoms with Crippen molar-refractivity contribution in [3.05, 3.63) is 54.4 Å². The summed E-state index contributed by atoms with van der Waals surface area (Å²) in [5.74, 6) is 1.38. The molecule has 0 radical (unpaired) electrons. The Kier molecular flexibility index (Phi) is 8.34. The summed E-state index contributed by atoms with van der Waals surface area (Å²) in [5.41, 5.74) is 0.318. The molecule has 1 aliphatic rings. The second-order valence-electron chi connectivity index (χ2n) is 8.75. The average Bonchev–Trinajstić information content (AvgIpc) is 2.79. The minimum Gasteiger partial charge on any atom is -0.486 e. The fraction of sp³-hybridized carbons (Fsp3) is 0.458. The predicted octanol–water partition coefficient (Wildman–Crippen LogP) is 3.35. The summed E-state index contributed by atoms with van der Waals surface area (Å²) in [6.45, 7) is 7.41. The van der Waals surface area contributed by atoms with Crippen molar-refractivity contribution < 1.29 is 23.8 Å². The van der Waals surface area contributed by atoms with Gasteiger partial charge in [-0.25, -0.2) is 9.59 Å².